The standard InChI is InChI=1S/C13H16FN3O2/c1-18-10(8-15)7-13-16-12(17-19-13)6-9-4-2-3-5-11(9)14/h2-5,10H,6-8,15H2,1H3. The Morgan fingerprint density at radius 1 is 1.42 bits per heavy atom. The van der Waals surface area contributed by atoms with Crippen molar-refractivity contribution >= 4 is 0 Å². The number of methoxy groups -OCH3 is 1. The minimum Gasteiger partial charge on any atom is -0.380 e. The summed E-state index contributed by atoms with van der Waals surface area (Å²) in [6, 6.07) is 6.52. The van der Waals surface area contributed by atoms with Gasteiger partial charge in [0.1, 0.15) is 5.82 Å². The summed E-state index contributed by atoms with van der Waals surface area (Å²) in [5, 5.41) is 3.83. The van der Waals surface area contributed by atoms with E-state index in [-0.39, 0.29) is 11.9 Å². The van der Waals surface area contributed by atoms with Gasteiger partial charge in [-0.05, 0) is 11.6 Å². The topological polar surface area (TPSA) is 74.2 Å². The molecule has 102 valence electrons. The van der Waals surface area contributed by atoms with Crippen LogP contribution in [0.1, 0.15) is 17.3 Å². The van der Waals surface area contributed by atoms with E-state index in [1.54, 1.807) is 25.3 Å². The molecule has 0 aliphatic heterocycles. The number of halogens is 1. The molecule has 0 aliphatic rings. The number of rotatable bonds is 6. The maximum absolute atomic E-state index is 13.5. The summed E-state index contributed by atoms with van der Waals surface area (Å²) >= 11 is 0. The lowest BCUT2D eigenvalue weighted by Crippen LogP contribution is -2.24. The van der Waals surface area contributed by atoms with Crippen LogP contribution in [0, 0.1) is 5.82 Å². The minimum atomic E-state index is -0.273. The van der Waals surface area contributed by atoms with Gasteiger partial charge in [-0.1, -0.05) is 23.4 Å². The maximum atomic E-state index is 13.5. The molecule has 1 aromatic carbocycles. The van der Waals surface area contributed by atoms with Crippen molar-refractivity contribution in [2.45, 2.75) is 18.9 Å². The third-order valence-electron chi connectivity index (χ3n) is 2.82. The van der Waals surface area contributed by atoms with E-state index in [9.17, 15) is 4.39 Å². The van der Waals surface area contributed by atoms with Gasteiger partial charge in [0, 0.05) is 20.1 Å². The van der Waals surface area contributed by atoms with Gasteiger partial charge in [0.05, 0.1) is 12.5 Å². The highest BCUT2D eigenvalue weighted by atomic mass is 19.1. The maximum Gasteiger partial charge on any atom is 0.229 e. The molecule has 6 heteroatoms. The lowest BCUT2D eigenvalue weighted by atomic mass is 10.1. The van der Waals surface area contributed by atoms with E-state index < -0.39 is 0 Å². The number of nitrogens with zero attached hydrogens (tertiary/aromatic N) is 2. The molecule has 0 fully saturated rings. The largest absolute Gasteiger partial charge is 0.380 e. The Balaban J connectivity index is 2.03. The van der Waals surface area contributed by atoms with Gasteiger partial charge in [0.25, 0.3) is 0 Å². The zero-order valence-electron chi connectivity index (χ0n) is 10.7. The first-order valence-corrected chi connectivity index (χ1v) is 6.00. The van der Waals surface area contributed by atoms with Crippen LogP contribution in [-0.2, 0) is 17.6 Å². The van der Waals surface area contributed by atoms with Crippen molar-refractivity contribution in [3.05, 3.63) is 47.4 Å². The summed E-state index contributed by atoms with van der Waals surface area (Å²) in [7, 11) is 1.58. The molecule has 0 aliphatic carbocycles. The average molecular weight is 265 g/mol. The third-order valence-corrected chi connectivity index (χ3v) is 2.82. The summed E-state index contributed by atoms with van der Waals surface area (Å²) in [6.07, 6.45) is 0.607. The lowest BCUT2D eigenvalue weighted by Gasteiger charge is -2.08. The highest BCUT2D eigenvalue weighted by molar-refractivity contribution is 5.20. The van der Waals surface area contributed by atoms with Crippen LogP contribution in [0.4, 0.5) is 4.39 Å². The van der Waals surface area contributed by atoms with Crippen LogP contribution in [0.15, 0.2) is 28.8 Å². The van der Waals surface area contributed by atoms with Gasteiger partial charge in [-0.3, -0.25) is 0 Å². The Morgan fingerprint density at radius 3 is 2.89 bits per heavy atom. The van der Waals surface area contributed by atoms with Crippen LogP contribution in [-0.4, -0.2) is 29.9 Å². The SMILES string of the molecule is COC(CN)Cc1nc(Cc2ccccc2F)no1. The van der Waals surface area contributed by atoms with Gasteiger partial charge in [0.2, 0.25) is 5.89 Å². The second-order valence-corrected chi connectivity index (χ2v) is 4.17. The molecule has 1 unspecified atom stereocenters. The second-order valence-electron chi connectivity index (χ2n) is 4.17. The molecule has 2 N–H and O–H groups in total. The van der Waals surface area contributed by atoms with E-state index in [1.165, 1.54) is 6.07 Å². The molecule has 2 rings (SSSR count). The van der Waals surface area contributed by atoms with Crippen LogP contribution < -0.4 is 5.73 Å². The van der Waals surface area contributed by atoms with Gasteiger partial charge in [-0.25, -0.2) is 4.39 Å². The first-order chi connectivity index (χ1) is 9.22. The average Bonchev–Trinajstić information content (AvgIpc) is 2.86. The van der Waals surface area contributed by atoms with Crippen molar-refractivity contribution in [1.29, 1.82) is 0 Å². The van der Waals surface area contributed by atoms with Gasteiger partial charge in [-0.15, -0.1) is 0 Å². The van der Waals surface area contributed by atoms with E-state index in [2.05, 4.69) is 10.1 Å². The van der Waals surface area contributed by atoms with E-state index in [0.717, 1.165) is 0 Å². The van der Waals surface area contributed by atoms with Crippen molar-refractivity contribution in [3.8, 4) is 0 Å². The Kier molecular flexibility index (Phi) is 4.59. The number of ether oxygens (including phenoxy) is 1. The van der Waals surface area contributed by atoms with Crippen molar-refractivity contribution < 1.29 is 13.7 Å². The first-order valence-electron chi connectivity index (χ1n) is 6.00. The monoisotopic (exact) mass is 265 g/mol. The predicted octanol–water partition coefficient (Wildman–Crippen LogP) is 1.32. The van der Waals surface area contributed by atoms with E-state index >= 15 is 0 Å². The van der Waals surface area contributed by atoms with Crippen molar-refractivity contribution in [3.63, 3.8) is 0 Å². The molecule has 2 aromatic rings. The van der Waals surface area contributed by atoms with Crippen LogP contribution in [0.2, 0.25) is 0 Å². The molecule has 0 amide bonds. The predicted molar refractivity (Wildman–Crippen MR) is 67.1 cm³/mol. The Bertz CT molecular complexity index is 526. The molecule has 0 radical (unpaired) electrons. The summed E-state index contributed by atoms with van der Waals surface area (Å²) in [4.78, 5) is 4.20. The van der Waals surface area contributed by atoms with Gasteiger partial charge in [0.15, 0.2) is 5.82 Å². The fraction of sp³-hybridized carbons (Fsp3) is 0.385. The number of aromatic nitrogens is 2. The van der Waals surface area contributed by atoms with E-state index in [1.807, 2.05) is 0 Å². The minimum absolute atomic E-state index is 0.151. The Morgan fingerprint density at radius 2 is 2.21 bits per heavy atom. The summed E-state index contributed by atoms with van der Waals surface area (Å²) in [5.74, 6) is 0.626. The number of hydrogen-bond acceptors (Lipinski definition) is 5. The number of nitrogens with two attached hydrogens (primary N) is 1. The smallest absolute Gasteiger partial charge is 0.229 e. The van der Waals surface area contributed by atoms with Gasteiger partial charge < -0.3 is 15.0 Å². The van der Waals surface area contributed by atoms with Crippen LogP contribution in [0.5, 0.6) is 0 Å². The Labute approximate surface area is 110 Å². The molecular formula is C13H16FN3O2. The van der Waals surface area contributed by atoms with Crippen LogP contribution >= 0.6 is 0 Å². The van der Waals surface area contributed by atoms with Crippen molar-refractivity contribution in [2.24, 2.45) is 5.73 Å². The molecule has 0 saturated carbocycles. The highest BCUT2D eigenvalue weighted by Crippen LogP contribution is 2.11. The Hall–Kier alpha value is -1.79. The second kappa shape index (κ2) is 6.40. The normalized spacial score (nSPS) is 12.6. The van der Waals surface area contributed by atoms with Crippen LogP contribution in [0.25, 0.3) is 0 Å². The summed E-state index contributed by atoms with van der Waals surface area (Å²) in [6.45, 7) is 0.377. The van der Waals surface area contributed by atoms with Crippen molar-refractivity contribution in [1.82, 2.24) is 10.1 Å². The molecule has 19 heavy (non-hydrogen) atoms. The van der Waals surface area contributed by atoms with Crippen LogP contribution in [0.3, 0.4) is 0 Å². The fourth-order valence-electron chi connectivity index (χ4n) is 1.71. The highest BCUT2D eigenvalue weighted by Gasteiger charge is 2.13. The van der Waals surface area contributed by atoms with E-state index in [4.69, 9.17) is 15.0 Å². The van der Waals surface area contributed by atoms with E-state index in [0.29, 0.717) is 36.7 Å². The zero-order chi connectivity index (χ0) is 13.7. The zero-order valence-corrected chi connectivity index (χ0v) is 10.7. The number of hydrogen-bond donors (Lipinski definition) is 1. The first kappa shape index (κ1) is 13.6. The van der Waals surface area contributed by atoms with Gasteiger partial charge in [-0.2, -0.15) is 4.98 Å². The molecule has 0 spiro atoms. The quantitative estimate of drug-likeness (QED) is 0.852. The van der Waals surface area contributed by atoms with Crippen molar-refractivity contribution in [2.75, 3.05) is 13.7 Å². The molecule has 0 saturated heterocycles. The number of benzene rings is 1. The molecule has 1 aromatic heterocycles. The lowest BCUT2D eigenvalue weighted by molar-refractivity contribution is 0.102. The molecule has 5 nitrogen and oxygen atoms in total. The molecule has 0 bridgehead atoms. The molecule has 1 atom stereocenters. The molecule has 1 heterocycles. The molecular weight excluding hydrogens is 249 g/mol. The summed E-state index contributed by atoms with van der Waals surface area (Å²) < 4.78 is 23.7. The summed E-state index contributed by atoms with van der Waals surface area (Å²) in [5.41, 5.74) is 6.06. The third kappa shape index (κ3) is 3.59. The van der Waals surface area contributed by atoms with Gasteiger partial charge >= 0.3 is 0 Å². The fourth-order valence-corrected chi connectivity index (χ4v) is 1.71.